The topological polar surface area (TPSA) is 55.1 Å². The lowest BCUT2D eigenvalue weighted by atomic mass is 9.92. The third-order valence-corrected chi connectivity index (χ3v) is 2.67. The zero-order chi connectivity index (χ0) is 13.1. The number of carbonyl (C=O) groups excluding carboxylic acids is 1. The maximum absolute atomic E-state index is 11.9. The average Bonchev–Trinajstić information content (AvgIpc) is 2.19. The minimum Gasteiger partial charge on any atom is -0.399 e. The second-order valence-electron chi connectivity index (χ2n) is 5.64. The van der Waals surface area contributed by atoms with Crippen molar-refractivity contribution in [1.82, 2.24) is 5.32 Å². The Kier molecular flexibility index (Phi) is 4.16. The van der Waals surface area contributed by atoms with Crippen LogP contribution in [0.5, 0.6) is 0 Å². The quantitative estimate of drug-likeness (QED) is 0.790. The van der Waals surface area contributed by atoms with E-state index in [-0.39, 0.29) is 11.3 Å². The first kappa shape index (κ1) is 13.6. The molecular formula is C14H22N2O. The van der Waals surface area contributed by atoms with E-state index in [1.165, 1.54) is 0 Å². The summed E-state index contributed by atoms with van der Waals surface area (Å²) in [6.45, 7) is 9.08. The molecule has 0 spiro atoms. The van der Waals surface area contributed by atoms with Crippen molar-refractivity contribution in [2.45, 2.75) is 34.1 Å². The first-order valence-corrected chi connectivity index (χ1v) is 5.94. The van der Waals surface area contributed by atoms with E-state index in [1.54, 1.807) is 12.1 Å². The third kappa shape index (κ3) is 4.47. The highest BCUT2D eigenvalue weighted by atomic mass is 16.1. The Bertz CT molecular complexity index is 405. The van der Waals surface area contributed by atoms with Crippen LogP contribution in [0.3, 0.4) is 0 Å². The van der Waals surface area contributed by atoms with Crippen molar-refractivity contribution in [3.8, 4) is 0 Å². The van der Waals surface area contributed by atoms with Gasteiger partial charge in [0.2, 0.25) is 0 Å². The highest BCUT2D eigenvalue weighted by Crippen LogP contribution is 2.17. The fourth-order valence-electron chi connectivity index (χ4n) is 1.53. The van der Waals surface area contributed by atoms with Crippen molar-refractivity contribution in [3.05, 3.63) is 29.3 Å². The lowest BCUT2D eigenvalue weighted by molar-refractivity contribution is 0.0949. The van der Waals surface area contributed by atoms with Gasteiger partial charge in [-0.15, -0.1) is 0 Å². The first-order valence-electron chi connectivity index (χ1n) is 5.94. The maximum atomic E-state index is 11.9. The molecule has 1 aromatic rings. The van der Waals surface area contributed by atoms with Crippen molar-refractivity contribution in [1.29, 1.82) is 0 Å². The Morgan fingerprint density at radius 3 is 2.59 bits per heavy atom. The SMILES string of the molecule is Cc1ccc(N)cc1C(=O)NCCC(C)(C)C. The summed E-state index contributed by atoms with van der Waals surface area (Å²) in [6.07, 6.45) is 0.958. The maximum Gasteiger partial charge on any atom is 0.251 e. The normalized spacial score (nSPS) is 11.3. The predicted octanol–water partition coefficient (Wildman–Crippen LogP) is 2.74. The van der Waals surface area contributed by atoms with Gasteiger partial charge in [-0.1, -0.05) is 26.8 Å². The summed E-state index contributed by atoms with van der Waals surface area (Å²) in [5.74, 6) is -0.0425. The summed E-state index contributed by atoms with van der Waals surface area (Å²) in [5.41, 5.74) is 8.16. The molecule has 0 saturated heterocycles. The van der Waals surface area contributed by atoms with E-state index in [4.69, 9.17) is 5.73 Å². The monoisotopic (exact) mass is 234 g/mol. The fourth-order valence-corrected chi connectivity index (χ4v) is 1.53. The predicted molar refractivity (Wildman–Crippen MR) is 72.0 cm³/mol. The van der Waals surface area contributed by atoms with Gasteiger partial charge in [-0.25, -0.2) is 0 Å². The summed E-state index contributed by atoms with van der Waals surface area (Å²) in [4.78, 5) is 11.9. The first-order chi connectivity index (χ1) is 7.79. The van der Waals surface area contributed by atoms with Crippen LogP contribution in [-0.4, -0.2) is 12.5 Å². The summed E-state index contributed by atoms with van der Waals surface area (Å²) < 4.78 is 0. The zero-order valence-electron chi connectivity index (χ0n) is 11.1. The molecule has 1 rings (SSSR count). The molecule has 3 N–H and O–H groups in total. The Morgan fingerprint density at radius 2 is 2.00 bits per heavy atom. The minimum atomic E-state index is -0.0425. The fraction of sp³-hybridized carbons (Fsp3) is 0.500. The number of nitrogens with one attached hydrogen (secondary N) is 1. The van der Waals surface area contributed by atoms with E-state index in [0.717, 1.165) is 12.0 Å². The van der Waals surface area contributed by atoms with Gasteiger partial charge in [0.25, 0.3) is 5.91 Å². The van der Waals surface area contributed by atoms with E-state index in [1.807, 2.05) is 13.0 Å². The molecule has 0 aliphatic heterocycles. The van der Waals surface area contributed by atoms with Crippen LogP contribution in [0.15, 0.2) is 18.2 Å². The summed E-state index contributed by atoms with van der Waals surface area (Å²) in [7, 11) is 0. The summed E-state index contributed by atoms with van der Waals surface area (Å²) in [5, 5.41) is 2.93. The van der Waals surface area contributed by atoms with Crippen molar-refractivity contribution in [2.75, 3.05) is 12.3 Å². The minimum absolute atomic E-state index is 0.0425. The Morgan fingerprint density at radius 1 is 1.35 bits per heavy atom. The van der Waals surface area contributed by atoms with Gasteiger partial charge < -0.3 is 11.1 Å². The zero-order valence-corrected chi connectivity index (χ0v) is 11.1. The molecule has 3 heteroatoms. The van der Waals surface area contributed by atoms with Gasteiger partial charge in [-0.3, -0.25) is 4.79 Å². The van der Waals surface area contributed by atoms with Crippen LogP contribution in [-0.2, 0) is 0 Å². The average molecular weight is 234 g/mol. The summed E-state index contributed by atoms with van der Waals surface area (Å²) >= 11 is 0. The van der Waals surface area contributed by atoms with Crippen molar-refractivity contribution in [3.63, 3.8) is 0 Å². The van der Waals surface area contributed by atoms with E-state index in [0.29, 0.717) is 17.8 Å². The van der Waals surface area contributed by atoms with Crippen LogP contribution in [0.2, 0.25) is 0 Å². The molecule has 0 aliphatic carbocycles. The molecule has 0 bridgehead atoms. The van der Waals surface area contributed by atoms with Crippen LogP contribution in [0.1, 0.15) is 43.1 Å². The Balaban J connectivity index is 2.61. The van der Waals surface area contributed by atoms with Crippen LogP contribution >= 0.6 is 0 Å². The number of hydrogen-bond donors (Lipinski definition) is 2. The molecule has 0 radical (unpaired) electrons. The number of hydrogen-bond acceptors (Lipinski definition) is 2. The Hall–Kier alpha value is -1.51. The molecule has 17 heavy (non-hydrogen) atoms. The highest BCUT2D eigenvalue weighted by Gasteiger charge is 2.12. The molecule has 1 aromatic carbocycles. The van der Waals surface area contributed by atoms with Crippen LogP contribution in [0, 0.1) is 12.3 Å². The van der Waals surface area contributed by atoms with Crippen molar-refractivity contribution >= 4 is 11.6 Å². The second kappa shape index (κ2) is 5.21. The molecule has 94 valence electrons. The number of benzene rings is 1. The standard InChI is InChI=1S/C14H22N2O/c1-10-5-6-11(15)9-12(10)13(17)16-8-7-14(2,3)4/h5-6,9H,7-8,15H2,1-4H3,(H,16,17). The summed E-state index contributed by atoms with van der Waals surface area (Å²) in [6, 6.07) is 5.40. The van der Waals surface area contributed by atoms with Crippen LogP contribution < -0.4 is 11.1 Å². The van der Waals surface area contributed by atoms with Gasteiger partial charge in [0.05, 0.1) is 0 Å². The van der Waals surface area contributed by atoms with E-state index >= 15 is 0 Å². The van der Waals surface area contributed by atoms with Gasteiger partial charge in [0, 0.05) is 17.8 Å². The number of nitrogens with two attached hydrogens (primary N) is 1. The molecule has 3 nitrogen and oxygen atoms in total. The smallest absolute Gasteiger partial charge is 0.251 e. The number of anilines is 1. The lowest BCUT2D eigenvalue weighted by Crippen LogP contribution is -2.27. The molecule has 0 saturated carbocycles. The largest absolute Gasteiger partial charge is 0.399 e. The van der Waals surface area contributed by atoms with Gasteiger partial charge in [0.1, 0.15) is 0 Å². The van der Waals surface area contributed by atoms with Gasteiger partial charge in [0.15, 0.2) is 0 Å². The number of aryl methyl sites for hydroxylation is 1. The van der Waals surface area contributed by atoms with Crippen molar-refractivity contribution < 1.29 is 4.79 Å². The molecule has 0 unspecified atom stereocenters. The molecule has 0 atom stereocenters. The van der Waals surface area contributed by atoms with Gasteiger partial charge in [-0.05, 0) is 36.5 Å². The molecule has 0 aromatic heterocycles. The third-order valence-electron chi connectivity index (χ3n) is 2.67. The number of amides is 1. The van der Waals surface area contributed by atoms with Crippen LogP contribution in [0.25, 0.3) is 0 Å². The van der Waals surface area contributed by atoms with Crippen LogP contribution in [0.4, 0.5) is 5.69 Å². The number of rotatable bonds is 3. The van der Waals surface area contributed by atoms with E-state index in [9.17, 15) is 4.79 Å². The van der Waals surface area contributed by atoms with Gasteiger partial charge in [-0.2, -0.15) is 0 Å². The number of nitrogen functional groups attached to an aromatic ring is 1. The molecular weight excluding hydrogens is 212 g/mol. The van der Waals surface area contributed by atoms with Crippen molar-refractivity contribution in [2.24, 2.45) is 5.41 Å². The van der Waals surface area contributed by atoms with Gasteiger partial charge >= 0.3 is 0 Å². The van der Waals surface area contributed by atoms with E-state index in [2.05, 4.69) is 26.1 Å². The second-order valence-corrected chi connectivity index (χ2v) is 5.64. The van der Waals surface area contributed by atoms with E-state index < -0.39 is 0 Å². The highest BCUT2D eigenvalue weighted by molar-refractivity contribution is 5.96. The molecule has 0 fully saturated rings. The molecule has 1 amide bonds. The molecule has 0 heterocycles. The Labute approximate surface area is 103 Å². The molecule has 0 aliphatic rings. The number of carbonyl (C=O) groups is 1. The lowest BCUT2D eigenvalue weighted by Gasteiger charge is -2.18.